The van der Waals surface area contributed by atoms with Crippen molar-refractivity contribution in [3.05, 3.63) is 29.8 Å². The number of ether oxygens (including phenoxy) is 1. The molecule has 110 valence electrons. The van der Waals surface area contributed by atoms with Crippen LogP contribution in [0, 0.1) is 0 Å². The number of nitrogens with zero attached hydrogens (tertiary/aromatic N) is 1. The number of carboxylic acids is 1. The Morgan fingerprint density at radius 2 is 2.10 bits per heavy atom. The molecule has 20 heavy (non-hydrogen) atoms. The summed E-state index contributed by atoms with van der Waals surface area (Å²) in [6, 6.07) is 6.95. The Morgan fingerprint density at radius 1 is 1.35 bits per heavy atom. The van der Waals surface area contributed by atoms with Crippen LogP contribution in [-0.4, -0.2) is 35.7 Å². The van der Waals surface area contributed by atoms with Crippen molar-refractivity contribution in [2.24, 2.45) is 0 Å². The molecule has 1 aliphatic rings. The Balaban J connectivity index is 2.17. The van der Waals surface area contributed by atoms with Gasteiger partial charge in [-0.3, -0.25) is 9.69 Å². The summed E-state index contributed by atoms with van der Waals surface area (Å²) in [5, 5.41) is 9.56. The maximum Gasteiger partial charge on any atom is 0.325 e. The van der Waals surface area contributed by atoms with E-state index in [1.165, 1.54) is 6.42 Å². The highest BCUT2D eigenvalue weighted by Gasteiger charge is 2.28. The molecule has 1 unspecified atom stereocenters. The normalized spacial score (nSPS) is 17.6. The van der Waals surface area contributed by atoms with E-state index in [4.69, 9.17) is 4.74 Å². The molecule has 0 radical (unpaired) electrons. The van der Waals surface area contributed by atoms with E-state index in [0.29, 0.717) is 6.61 Å². The monoisotopic (exact) mass is 277 g/mol. The minimum absolute atomic E-state index is 0.555. The Labute approximate surface area is 120 Å². The van der Waals surface area contributed by atoms with Crippen LogP contribution in [0.1, 0.15) is 44.2 Å². The number of likely N-dealkylation sites (tertiary alicyclic amines) is 1. The second-order valence-electron chi connectivity index (χ2n) is 5.26. The summed E-state index contributed by atoms with van der Waals surface area (Å²) in [6.45, 7) is 4.43. The van der Waals surface area contributed by atoms with E-state index in [0.717, 1.165) is 43.7 Å². The molecule has 4 nitrogen and oxygen atoms in total. The first kappa shape index (κ1) is 14.9. The Kier molecular flexibility index (Phi) is 5.41. The van der Waals surface area contributed by atoms with Crippen LogP contribution in [0.2, 0.25) is 0 Å². The van der Waals surface area contributed by atoms with Crippen molar-refractivity contribution in [3.63, 3.8) is 0 Å². The van der Waals surface area contributed by atoms with Gasteiger partial charge >= 0.3 is 5.97 Å². The van der Waals surface area contributed by atoms with Crippen molar-refractivity contribution in [2.75, 3.05) is 19.7 Å². The highest BCUT2D eigenvalue weighted by atomic mass is 16.5. The van der Waals surface area contributed by atoms with Crippen LogP contribution >= 0.6 is 0 Å². The van der Waals surface area contributed by atoms with Gasteiger partial charge in [-0.25, -0.2) is 0 Å². The second-order valence-corrected chi connectivity index (χ2v) is 5.26. The van der Waals surface area contributed by atoms with E-state index < -0.39 is 12.0 Å². The average Bonchev–Trinajstić information content (AvgIpc) is 2.46. The smallest absolute Gasteiger partial charge is 0.325 e. The molecule has 0 bridgehead atoms. The number of benzene rings is 1. The van der Waals surface area contributed by atoms with Crippen molar-refractivity contribution >= 4 is 5.97 Å². The lowest BCUT2D eigenvalue weighted by molar-refractivity contribution is -0.144. The van der Waals surface area contributed by atoms with Gasteiger partial charge in [-0.15, -0.1) is 0 Å². The lowest BCUT2D eigenvalue weighted by Gasteiger charge is -2.32. The number of carboxylic acid groups (broad SMARTS) is 1. The van der Waals surface area contributed by atoms with E-state index in [1.807, 2.05) is 24.3 Å². The highest BCUT2D eigenvalue weighted by Crippen LogP contribution is 2.27. The lowest BCUT2D eigenvalue weighted by atomic mass is 10.0. The van der Waals surface area contributed by atoms with Gasteiger partial charge in [0.05, 0.1) is 6.61 Å². The molecule has 1 saturated heterocycles. The zero-order chi connectivity index (χ0) is 14.4. The van der Waals surface area contributed by atoms with Crippen molar-refractivity contribution < 1.29 is 14.6 Å². The molecule has 1 aliphatic heterocycles. The van der Waals surface area contributed by atoms with Gasteiger partial charge in [-0.05, 0) is 50.0 Å². The Morgan fingerprint density at radius 3 is 2.75 bits per heavy atom. The number of hydrogen-bond donors (Lipinski definition) is 1. The van der Waals surface area contributed by atoms with E-state index in [9.17, 15) is 9.90 Å². The van der Waals surface area contributed by atoms with Crippen LogP contribution in [0.5, 0.6) is 5.75 Å². The topological polar surface area (TPSA) is 49.8 Å². The number of carbonyl (C=O) groups is 1. The fraction of sp³-hybridized carbons (Fsp3) is 0.562. The Bertz CT molecular complexity index is 441. The van der Waals surface area contributed by atoms with Gasteiger partial charge in [0.2, 0.25) is 0 Å². The molecule has 4 heteroatoms. The third kappa shape index (κ3) is 3.73. The predicted molar refractivity (Wildman–Crippen MR) is 78.0 cm³/mol. The first-order valence-electron chi connectivity index (χ1n) is 7.42. The van der Waals surface area contributed by atoms with E-state index in [1.54, 1.807) is 0 Å². The van der Waals surface area contributed by atoms with Crippen LogP contribution in [0.15, 0.2) is 24.3 Å². The molecular weight excluding hydrogens is 254 g/mol. The van der Waals surface area contributed by atoms with Gasteiger partial charge in [0.25, 0.3) is 0 Å². The molecule has 0 amide bonds. The fourth-order valence-electron chi connectivity index (χ4n) is 2.68. The van der Waals surface area contributed by atoms with Gasteiger partial charge in [-0.1, -0.05) is 25.5 Å². The fourth-order valence-corrected chi connectivity index (χ4v) is 2.68. The number of piperidine rings is 1. The van der Waals surface area contributed by atoms with Gasteiger partial charge < -0.3 is 9.84 Å². The van der Waals surface area contributed by atoms with Crippen LogP contribution in [0.25, 0.3) is 0 Å². The standard InChI is InChI=1S/C16H23NO3/c1-2-11-20-14-8-6-7-13(12-14)15(16(18)19)17-9-4-3-5-10-17/h6-8,12,15H,2-5,9-11H2,1H3,(H,18,19). The summed E-state index contributed by atoms with van der Waals surface area (Å²) >= 11 is 0. The van der Waals surface area contributed by atoms with Gasteiger partial charge in [0.15, 0.2) is 0 Å². The molecule has 1 N–H and O–H groups in total. The molecule has 2 rings (SSSR count). The maximum atomic E-state index is 11.6. The third-order valence-corrected chi connectivity index (χ3v) is 3.64. The number of hydrogen-bond acceptors (Lipinski definition) is 3. The maximum absolute atomic E-state index is 11.6. The van der Waals surface area contributed by atoms with Crippen molar-refractivity contribution in [1.82, 2.24) is 4.90 Å². The van der Waals surface area contributed by atoms with Crippen LogP contribution in [0.3, 0.4) is 0 Å². The summed E-state index contributed by atoms with van der Waals surface area (Å²) in [7, 11) is 0. The van der Waals surface area contributed by atoms with Crippen molar-refractivity contribution in [1.29, 1.82) is 0 Å². The summed E-state index contributed by atoms with van der Waals surface area (Å²) in [4.78, 5) is 13.7. The summed E-state index contributed by atoms with van der Waals surface area (Å²) in [5.41, 5.74) is 0.813. The molecule has 0 spiro atoms. The average molecular weight is 277 g/mol. The molecule has 1 atom stereocenters. The molecule has 1 fully saturated rings. The third-order valence-electron chi connectivity index (χ3n) is 3.64. The van der Waals surface area contributed by atoms with E-state index >= 15 is 0 Å². The first-order valence-corrected chi connectivity index (χ1v) is 7.42. The van der Waals surface area contributed by atoms with Crippen LogP contribution < -0.4 is 4.74 Å². The largest absolute Gasteiger partial charge is 0.494 e. The minimum Gasteiger partial charge on any atom is -0.494 e. The molecule has 1 aromatic carbocycles. The molecule has 0 aromatic heterocycles. The van der Waals surface area contributed by atoms with E-state index in [-0.39, 0.29) is 0 Å². The minimum atomic E-state index is -0.778. The van der Waals surface area contributed by atoms with Crippen LogP contribution in [-0.2, 0) is 4.79 Å². The highest BCUT2D eigenvalue weighted by molar-refractivity contribution is 5.75. The van der Waals surface area contributed by atoms with Gasteiger partial charge in [-0.2, -0.15) is 0 Å². The van der Waals surface area contributed by atoms with Gasteiger partial charge in [0.1, 0.15) is 11.8 Å². The summed E-state index contributed by atoms with van der Waals surface area (Å²) in [5.74, 6) is -0.0212. The van der Waals surface area contributed by atoms with E-state index in [2.05, 4.69) is 11.8 Å². The van der Waals surface area contributed by atoms with Gasteiger partial charge in [0, 0.05) is 0 Å². The zero-order valence-electron chi connectivity index (χ0n) is 12.0. The van der Waals surface area contributed by atoms with Crippen LogP contribution in [0.4, 0.5) is 0 Å². The van der Waals surface area contributed by atoms with Crippen molar-refractivity contribution in [3.8, 4) is 5.75 Å². The SMILES string of the molecule is CCCOc1cccc(C(C(=O)O)N2CCCCC2)c1. The second kappa shape index (κ2) is 7.29. The zero-order valence-corrected chi connectivity index (χ0v) is 12.0. The summed E-state index contributed by atoms with van der Waals surface area (Å²) < 4.78 is 5.60. The lowest BCUT2D eigenvalue weighted by Crippen LogP contribution is -2.37. The quantitative estimate of drug-likeness (QED) is 0.868. The molecule has 0 saturated carbocycles. The first-order chi connectivity index (χ1) is 9.72. The Hall–Kier alpha value is -1.55. The molecule has 1 heterocycles. The number of rotatable bonds is 6. The van der Waals surface area contributed by atoms with Crippen molar-refractivity contribution in [2.45, 2.75) is 38.6 Å². The molecular formula is C16H23NO3. The predicted octanol–water partition coefficient (Wildman–Crippen LogP) is 3.09. The summed E-state index contributed by atoms with van der Waals surface area (Å²) in [6.07, 6.45) is 4.30. The number of aliphatic carboxylic acids is 1. The molecule has 1 aromatic rings. The molecule has 0 aliphatic carbocycles.